The van der Waals surface area contributed by atoms with E-state index in [1.54, 1.807) is 0 Å². The molecule has 0 N–H and O–H groups in total. The third-order valence-electron chi connectivity index (χ3n) is 1.21. The molecule has 0 amide bonds. The van der Waals surface area contributed by atoms with Crippen molar-refractivity contribution in [3.8, 4) is 0 Å². The maximum absolute atomic E-state index is 12.6. The quantitative estimate of drug-likeness (QED) is 0.527. The molecule has 0 aromatic heterocycles. The summed E-state index contributed by atoms with van der Waals surface area (Å²) in [7, 11) is 0. The Morgan fingerprint density at radius 1 is 1.36 bits per heavy atom. The standard InChI is InChI=1S/C7H4BrCl2F/c8-3-4-1-5(11)2-6(9)7(4)10/h1-2H,3H2. The fourth-order valence-electron chi connectivity index (χ4n) is 0.707. The van der Waals surface area contributed by atoms with Crippen molar-refractivity contribution in [3.63, 3.8) is 0 Å². The summed E-state index contributed by atoms with van der Waals surface area (Å²) in [5.74, 6) is -0.367. The molecule has 1 aromatic carbocycles. The van der Waals surface area contributed by atoms with E-state index in [4.69, 9.17) is 23.2 Å². The van der Waals surface area contributed by atoms with Crippen LogP contribution < -0.4 is 0 Å². The SMILES string of the molecule is Fc1cc(Cl)c(Cl)c(CBr)c1. The molecule has 0 radical (unpaired) electrons. The first-order valence-electron chi connectivity index (χ1n) is 2.84. The molecule has 0 aliphatic carbocycles. The topological polar surface area (TPSA) is 0 Å². The Kier molecular flexibility index (Phi) is 3.16. The van der Waals surface area contributed by atoms with Crippen LogP contribution in [0.4, 0.5) is 4.39 Å². The molecule has 0 bridgehead atoms. The summed E-state index contributed by atoms with van der Waals surface area (Å²) >= 11 is 14.5. The minimum Gasteiger partial charge on any atom is -0.207 e. The van der Waals surface area contributed by atoms with Crippen LogP contribution >= 0.6 is 39.1 Å². The van der Waals surface area contributed by atoms with Crippen molar-refractivity contribution in [1.29, 1.82) is 0 Å². The second-order valence-electron chi connectivity index (χ2n) is 1.99. The number of hydrogen-bond donors (Lipinski definition) is 0. The lowest BCUT2D eigenvalue weighted by Crippen LogP contribution is -1.83. The highest BCUT2D eigenvalue weighted by Gasteiger charge is 2.05. The van der Waals surface area contributed by atoms with Gasteiger partial charge in [-0.2, -0.15) is 0 Å². The predicted octanol–water partition coefficient (Wildman–Crippen LogP) is 4.03. The Labute approximate surface area is 82.4 Å². The van der Waals surface area contributed by atoms with Gasteiger partial charge in [0.1, 0.15) is 5.82 Å². The summed E-state index contributed by atoms with van der Waals surface area (Å²) in [6.07, 6.45) is 0. The number of benzene rings is 1. The minimum absolute atomic E-state index is 0.251. The average molecular weight is 258 g/mol. The maximum Gasteiger partial charge on any atom is 0.125 e. The molecule has 0 heterocycles. The lowest BCUT2D eigenvalue weighted by molar-refractivity contribution is 0.626. The molecule has 0 aliphatic heterocycles. The normalized spacial score (nSPS) is 10.2. The maximum atomic E-state index is 12.6. The third kappa shape index (κ3) is 2.08. The Balaban J connectivity index is 3.24. The van der Waals surface area contributed by atoms with Crippen LogP contribution in [0, 0.1) is 5.82 Å². The van der Waals surface area contributed by atoms with Gasteiger partial charge in [-0.3, -0.25) is 0 Å². The van der Waals surface area contributed by atoms with Gasteiger partial charge in [-0.15, -0.1) is 0 Å². The van der Waals surface area contributed by atoms with Gasteiger partial charge in [0.25, 0.3) is 0 Å². The van der Waals surface area contributed by atoms with E-state index < -0.39 is 0 Å². The van der Waals surface area contributed by atoms with Gasteiger partial charge in [0.05, 0.1) is 10.0 Å². The summed E-state index contributed by atoms with van der Waals surface area (Å²) in [6.45, 7) is 0. The molecule has 0 aliphatic rings. The van der Waals surface area contributed by atoms with Gasteiger partial charge in [-0.1, -0.05) is 39.1 Å². The van der Waals surface area contributed by atoms with Crippen LogP contribution in [0.3, 0.4) is 0 Å². The zero-order valence-corrected chi connectivity index (χ0v) is 8.47. The Morgan fingerprint density at radius 2 is 2.00 bits per heavy atom. The second-order valence-corrected chi connectivity index (χ2v) is 3.34. The molecule has 4 heteroatoms. The van der Waals surface area contributed by atoms with Crippen molar-refractivity contribution in [2.75, 3.05) is 0 Å². The molecule has 60 valence electrons. The minimum atomic E-state index is -0.367. The smallest absolute Gasteiger partial charge is 0.125 e. The molecule has 0 fully saturated rings. The predicted molar refractivity (Wildman–Crippen MR) is 49.1 cm³/mol. The molecular formula is C7H4BrCl2F. The molecule has 1 aromatic rings. The molecule has 0 spiro atoms. The van der Waals surface area contributed by atoms with Crippen LogP contribution in [0.2, 0.25) is 10.0 Å². The van der Waals surface area contributed by atoms with E-state index in [1.165, 1.54) is 12.1 Å². The van der Waals surface area contributed by atoms with Crippen molar-refractivity contribution in [2.45, 2.75) is 5.33 Å². The van der Waals surface area contributed by atoms with E-state index >= 15 is 0 Å². The van der Waals surface area contributed by atoms with Crippen molar-refractivity contribution >= 4 is 39.1 Å². The molecule has 0 saturated heterocycles. The Morgan fingerprint density at radius 3 is 2.55 bits per heavy atom. The second kappa shape index (κ2) is 3.74. The summed E-state index contributed by atoms with van der Waals surface area (Å²) < 4.78 is 12.6. The van der Waals surface area contributed by atoms with Crippen molar-refractivity contribution in [3.05, 3.63) is 33.6 Å². The van der Waals surface area contributed by atoms with Crippen molar-refractivity contribution in [2.24, 2.45) is 0 Å². The highest BCUT2D eigenvalue weighted by Crippen LogP contribution is 2.28. The lowest BCUT2D eigenvalue weighted by atomic mass is 10.2. The Bertz CT molecular complexity index is 275. The van der Waals surface area contributed by atoms with E-state index in [9.17, 15) is 4.39 Å². The van der Waals surface area contributed by atoms with Crippen LogP contribution in [0.1, 0.15) is 5.56 Å². The lowest BCUT2D eigenvalue weighted by Gasteiger charge is -2.01. The van der Waals surface area contributed by atoms with Gasteiger partial charge in [-0.05, 0) is 17.7 Å². The number of alkyl halides is 1. The third-order valence-corrected chi connectivity index (χ3v) is 2.66. The van der Waals surface area contributed by atoms with E-state index in [1.807, 2.05) is 0 Å². The fraction of sp³-hybridized carbons (Fsp3) is 0.143. The van der Waals surface area contributed by atoms with Gasteiger partial charge in [0.15, 0.2) is 0 Å². The highest BCUT2D eigenvalue weighted by molar-refractivity contribution is 9.08. The van der Waals surface area contributed by atoms with Crippen LogP contribution in [0.15, 0.2) is 12.1 Å². The first-order chi connectivity index (χ1) is 5.15. The van der Waals surface area contributed by atoms with Gasteiger partial charge in [0, 0.05) is 5.33 Å². The molecule has 0 unspecified atom stereocenters. The van der Waals surface area contributed by atoms with Gasteiger partial charge >= 0.3 is 0 Å². The zero-order valence-electron chi connectivity index (χ0n) is 5.37. The van der Waals surface area contributed by atoms with E-state index in [-0.39, 0.29) is 10.8 Å². The van der Waals surface area contributed by atoms with Crippen LogP contribution in [0.25, 0.3) is 0 Å². The van der Waals surface area contributed by atoms with E-state index in [0.717, 1.165) is 0 Å². The van der Waals surface area contributed by atoms with Crippen LogP contribution in [-0.4, -0.2) is 0 Å². The van der Waals surface area contributed by atoms with E-state index in [2.05, 4.69) is 15.9 Å². The molecular weight excluding hydrogens is 254 g/mol. The van der Waals surface area contributed by atoms with Gasteiger partial charge in [0.2, 0.25) is 0 Å². The number of halogens is 4. The van der Waals surface area contributed by atoms with E-state index in [0.29, 0.717) is 15.9 Å². The summed E-state index contributed by atoms with van der Waals surface area (Å²) in [4.78, 5) is 0. The van der Waals surface area contributed by atoms with Crippen LogP contribution in [0.5, 0.6) is 0 Å². The average Bonchev–Trinajstić information content (AvgIpc) is 1.96. The summed E-state index contributed by atoms with van der Waals surface area (Å²) in [6, 6.07) is 2.54. The van der Waals surface area contributed by atoms with Gasteiger partial charge < -0.3 is 0 Å². The first kappa shape index (κ1) is 9.30. The largest absolute Gasteiger partial charge is 0.207 e. The summed E-state index contributed by atoms with van der Waals surface area (Å²) in [5, 5.41) is 1.16. The summed E-state index contributed by atoms with van der Waals surface area (Å²) in [5.41, 5.74) is 0.664. The molecule has 0 nitrogen and oxygen atoms in total. The van der Waals surface area contributed by atoms with Crippen LogP contribution in [-0.2, 0) is 5.33 Å². The molecule has 11 heavy (non-hydrogen) atoms. The molecule has 0 atom stereocenters. The Hall–Kier alpha value is 0.210. The zero-order chi connectivity index (χ0) is 8.43. The number of hydrogen-bond acceptors (Lipinski definition) is 0. The highest BCUT2D eigenvalue weighted by atomic mass is 79.9. The monoisotopic (exact) mass is 256 g/mol. The molecule has 0 saturated carbocycles. The molecule has 1 rings (SSSR count). The number of rotatable bonds is 1. The first-order valence-corrected chi connectivity index (χ1v) is 4.72. The van der Waals surface area contributed by atoms with Gasteiger partial charge in [-0.25, -0.2) is 4.39 Å². The van der Waals surface area contributed by atoms with Crippen molar-refractivity contribution < 1.29 is 4.39 Å². The fourth-order valence-corrected chi connectivity index (χ4v) is 1.71. The van der Waals surface area contributed by atoms with Crippen molar-refractivity contribution in [1.82, 2.24) is 0 Å².